The summed E-state index contributed by atoms with van der Waals surface area (Å²) >= 11 is 0. The fourth-order valence-electron chi connectivity index (χ4n) is 4.40. The molecule has 0 aromatic carbocycles. The van der Waals surface area contributed by atoms with Crippen LogP contribution in [-0.4, -0.2) is 30.6 Å². The van der Waals surface area contributed by atoms with E-state index in [1.165, 1.54) is 57.9 Å². The first-order chi connectivity index (χ1) is 8.23. The minimum Gasteiger partial charge on any atom is -0.329 e. The Morgan fingerprint density at radius 3 is 2.47 bits per heavy atom. The fraction of sp³-hybridized carbons (Fsp3) is 1.00. The van der Waals surface area contributed by atoms with Crippen LogP contribution in [0.4, 0.5) is 0 Å². The van der Waals surface area contributed by atoms with Gasteiger partial charge < -0.3 is 5.73 Å². The second kappa shape index (κ2) is 5.71. The number of hydrogen-bond acceptors (Lipinski definition) is 2. The van der Waals surface area contributed by atoms with E-state index in [9.17, 15) is 0 Å². The van der Waals surface area contributed by atoms with Crippen molar-refractivity contribution in [2.45, 2.75) is 63.8 Å². The Morgan fingerprint density at radius 2 is 1.88 bits per heavy atom. The SMILES string of the molecule is CCC1CCCC1(CN)N(C)CC1CCCC1. The molecule has 0 spiro atoms. The van der Waals surface area contributed by atoms with E-state index in [1.54, 1.807) is 0 Å². The molecule has 2 rings (SSSR count). The van der Waals surface area contributed by atoms with Gasteiger partial charge >= 0.3 is 0 Å². The van der Waals surface area contributed by atoms with E-state index in [0.29, 0.717) is 5.54 Å². The van der Waals surface area contributed by atoms with Crippen LogP contribution in [0, 0.1) is 11.8 Å². The molecule has 0 saturated heterocycles. The molecule has 2 aliphatic rings. The second-order valence-electron chi connectivity index (χ2n) is 6.34. The smallest absolute Gasteiger partial charge is 0.0356 e. The lowest BCUT2D eigenvalue weighted by molar-refractivity contribution is 0.0670. The maximum Gasteiger partial charge on any atom is 0.0356 e. The van der Waals surface area contributed by atoms with Crippen LogP contribution in [0.5, 0.6) is 0 Å². The number of likely N-dealkylation sites (N-methyl/N-ethyl adjacent to an activating group) is 1. The van der Waals surface area contributed by atoms with E-state index in [-0.39, 0.29) is 0 Å². The molecule has 2 N–H and O–H groups in total. The molecule has 0 radical (unpaired) electrons. The lowest BCUT2D eigenvalue weighted by Gasteiger charge is -2.44. The Bertz CT molecular complexity index is 235. The highest BCUT2D eigenvalue weighted by molar-refractivity contribution is 5.00. The molecule has 2 unspecified atom stereocenters. The normalized spacial score (nSPS) is 34.9. The highest BCUT2D eigenvalue weighted by Gasteiger charge is 2.44. The highest BCUT2D eigenvalue weighted by atomic mass is 15.2. The van der Waals surface area contributed by atoms with Gasteiger partial charge in [0.15, 0.2) is 0 Å². The Balaban J connectivity index is 2.00. The molecule has 17 heavy (non-hydrogen) atoms. The molecule has 0 bridgehead atoms. The maximum absolute atomic E-state index is 6.17. The van der Waals surface area contributed by atoms with Gasteiger partial charge in [0.1, 0.15) is 0 Å². The number of nitrogens with zero attached hydrogens (tertiary/aromatic N) is 1. The molecule has 2 aliphatic carbocycles. The molecule has 2 atom stereocenters. The monoisotopic (exact) mass is 238 g/mol. The average molecular weight is 238 g/mol. The molecule has 0 amide bonds. The summed E-state index contributed by atoms with van der Waals surface area (Å²) in [4.78, 5) is 2.64. The number of hydrogen-bond donors (Lipinski definition) is 1. The summed E-state index contributed by atoms with van der Waals surface area (Å²) in [6.45, 7) is 4.48. The predicted molar refractivity (Wildman–Crippen MR) is 74.0 cm³/mol. The van der Waals surface area contributed by atoms with Crippen LogP contribution in [0.1, 0.15) is 58.3 Å². The third-order valence-corrected chi connectivity index (χ3v) is 5.54. The summed E-state index contributed by atoms with van der Waals surface area (Å²) in [5.41, 5.74) is 6.50. The largest absolute Gasteiger partial charge is 0.329 e. The Kier molecular flexibility index (Phi) is 4.48. The van der Waals surface area contributed by atoms with Crippen molar-refractivity contribution in [3.63, 3.8) is 0 Å². The van der Waals surface area contributed by atoms with Crippen LogP contribution < -0.4 is 5.73 Å². The minimum absolute atomic E-state index is 0.331. The quantitative estimate of drug-likeness (QED) is 0.798. The van der Waals surface area contributed by atoms with Crippen molar-refractivity contribution in [2.24, 2.45) is 17.6 Å². The molecule has 2 saturated carbocycles. The molecule has 2 fully saturated rings. The third kappa shape index (κ3) is 2.53. The number of nitrogens with two attached hydrogens (primary N) is 1. The summed E-state index contributed by atoms with van der Waals surface area (Å²) in [7, 11) is 2.33. The van der Waals surface area contributed by atoms with E-state index in [1.807, 2.05) is 0 Å². The standard InChI is InChI=1S/C15H30N2/c1-3-14-9-6-10-15(14,12-16)17(2)11-13-7-4-5-8-13/h13-14H,3-12,16H2,1-2H3. The van der Waals surface area contributed by atoms with E-state index >= 15 is 0 Å². The zero-order valence-corrected chi connectivity index (χ0v) is 11.8. The fourth-order valence-corrected chi connectivity index (χ4v) is 4.40. The molecular weight excluding hydrogens is 208 g/mol. The van der Waals surface area contributed by atoms with Crippen molar-refractivity contribution in [1.82, 2.24) is 4.90 Å². The van der Waals surface area contributed by atoms with Crippen LogP contribution in [0.3, 0.4) is 0 Å². The first kappa shape index (κ1) is 13.4. The Morgan fingerprint density at radius 1 is 1.18 bits per heavy atom. The minimum atomic E-state index is 0.331. The summed E-state index contributed by atoms with van der Waals surface area (Å²) in [6, 6.07) is 0. The molecular formula is C15H30N2. The van der Waals surface area contributed by atoms with E-state index in [2.05, 4.69) is 18.9 Å². The van der Waals surface area contributed by atoms with Crippen LogP contribution >= 0.6 is 0 Å². The second-order valence-corrected chi connectivity index (χ2v) is 6.34. The first-order valence-corrected chi connectivity index (χ1v) is 7.64. The van der Waals surface area contributed by atoms with Gasteiger partial charge in [-0.15, -0.1) is 0 Å². The third-order valence-electron chi connectivity index (χ3n) is 5.54. The van der Waals surface area contributed by atoms with Gasteiger partial charge in [-0.3, -0.25) is 4.90 Å². The summed E-state index contributed by atoms with van der Waals surface area (Å²) in [6.07, 6.45) is 11.2. The van der Waals surface area contributed by atoms with Gasteiger partial charge in [-0.2, -0.15) is 0 Å². The van der Waals surface area contributed by atoms with Gasteiger partial charge in [0.25, 0.3) is 0 Å². The molecule has 0 heterocycles. The van der Waals surface area contributed by atoms with E-state index in [0.717, 1.165) is 18.4 Å². The molecule has 2 nitrogen and oxygen atoms in total. The van der Waals surface area contributed by atoms with Crippen LogP contribution in [0.15, 0.2) is 0 Å². The van der Waals surface area contributed by atoms with Crippen LogP contribution in [0.2, 0.25) is 0 Å². The highest BCUT2D eigenvalue weighted by Crippen LogP contribution is 2.42. The van der Waals surface area contributed by atoms with Crippen molar-refractivity contribution < 1.29 is 0 Å². The Hall–Kier alpha value is -0.0800. The maximum atomic E-state index is 6.17. The summed E-state index contributed by atoms with van der Waals surface area (Å²) < 4.78 is 0. The van der Waals surface area contributed by atoms with Crippen molar-refractivity contribution in [2.75, 3.05) is 20.1 Å². The molecule has 0 aromatic heterocycles. The van der Waals surface area contributed by atoms with Gasteiger partial charge in [-0.25, -0.2) is 0 Å². The van der Waals surface area contributed by atoms with Crippen molar-refractivity contribution >= 4 is 0 Å². The lowest BCUT2D eigenvalue weighted by atomic mass is 9.83. The van der Waals surface area contributed by atoms with Crippen molar-refractivity contribution in [3.8, 4) is 0 Å². The molecule has 0 aromatic rings. The summed E-state index contributed by atoms with van der Waals surface area (Å²) in [5.74, 6) is 1.78. The van der Waals surface area contributed by atoms with Crippen LogP contribution in [0.25, 0.3) is 0 Å². The predicted octanol–water partition coefficient (Wildman–Crippen LogP) is 3.02. The number of rotatable bonds is 5. The topological polar surface area (TPSA) is 29.3 Å². The van der Waals surface area contributed by atoms with E-state index in [4.69, 9.17) is 5.73 Å². The zero-order valence-electron chi connectivity index (χ0n) is 11.8. The zero-order chi connectivity index (χ0) is 12.3. The van der Waals surface area contributed by atoms with Gasteiger partial charge in [0.05, 0.1) is 0 Å². The van der Waals surface area contributed by atoms with Crippen molar-refractivity contribution in [3.05, 3.63) is 0 Å². The van der Waals surface area contributed by atoms with Crippen LogP contribution in [-0.2, 0) is 0 Å². The van der Waals surface area contributed by atoms with Gasteiger partial charge in [-0.1, -0.05) is 32.6 Å². The van der Waals surface area contributed by atoms with Gasteiger partial charge in [0, 0.05) is 18.6 Å². The summed E-state index contributed by atoms with van der Waals surface area (Å²) in [5, 5.41) is 0. The average Bonchev–Trinajstić information content (AvgIpc) is 2.96. The van der Waals surface area contributed by atoms with Crippen molar-refractivity contribution in [1.29, 1.82) is 0 Å². The molecule has 100 valence electrons. The van der Waals surface area contributed by atoms with E-state index < -0.39 is 0 Å². The Labute approximate surface area is 107 Å². The van der Waals surface area contributed by atoms with Gasteiger partial charge in [-0.05, 0) is 44.6 Å². The molecule has 2 heteroatoms. The molecule has 0 aliphatic heterocycles. The lowest BCUT2D eigenvalue weighted by Crippen LogP contribution is -2.55. The first-order valence-electron chi connectivity index (χ1n) is 7.64. The van der Waals surface area contributed by atoms with Gasteiger partial charge in [0.2, 0.25) is 0 Å².